The van der Waals surface area contributed by atoms with Crippen LogP contribution in [0.25, 0.3) is 10.9 Å². The summed E-state index contributed by atoms with van der Waals surface area (Å²) in [5.74, 6) is -0.160. The molecule has 1 amide bonds. The van der Waals surface area contributed by atoms with Gasteiger partial charge in [-0.15, -0.1) is 0 Å². The van der Waals surface area contributed by atoms with E-state index in [1.54, 1.807) is 12.3 Å². The molecule has 1 fully saturated rings. The number of hydrogen-bond donors (Lipinski definition) is 2. The number of anilines is 1. The molecule has 3 rings (SSSR count). The molecule has 1 saturated heterocycles. The van der Waals surface area contributed by atoms with Crippen LogP contribution in [-0.4, -0.2) is 30.1 Å². The maximum atomic E-state index is 12.4. The van der Waals surface area contributed by atoms with Gasteiger partial charge < -0.3 is 15.8 Å². The molecule has 21 heavy (non-hydrogen) atoms. The number of halogens is 1. The van der Waals surface area contributed by atoms with Gasteiger partial charge in [0.2, 0.25) is 0 Å². The Morgan fingerprint density at radius 3 is 2.95 bits per heavy atom. The van der Waals surface area contributed by atoms with Gasteiger partial charge in [0.05, 0.1) is 16.8 Å². The Bertz CT molecular complexity index is 684. The molecule has 1 aliphatic heterocycles. The number of carbonyl (C=O) groups excluding carboxylic acids is 1. The summed E-state index contributed by atoms with van der Waals surface area (Å²) in [7, 11) is 0. The summed E-state index contributed by atoms with van der Waals surface area (Å²) in [5.41, 5.74) is 7.64. The quantitative estimate of drug-likeness (QED) is 0.816. The highest BCUT2D eigenvalue weighted by atomic mass is 79.9. The standard InChI is InChI=1S/C15H16BrN3O2/c16-12-8-11(13(17)14-10(12)2-1-5-18-14)15(20)19-9-3-6-21-7-4-9/h1-2,5,8-9H,3-4,6-7,17H2,(H,19,20). The van der Waals surface area contributed by atoms with Gasteiger partial charge in [-0.3, -0.25) is 9.78 Å². The van der Waals surface area contributed by atoms with Gasteiger partial charge in [-0.1, -0.05) is 22.0 Å². The van der Waals surface area contributed by atoms with Gasteiger partial charge in [-0.25, -0.2) is 0 Å². The van der Waals surface area contributed by atoms with Crippen molar-refractivity contribution in [3.05, 3.63) is 34.4 Å². The molecular weight excluding hydrogens is 334 g/mol. The second-order valence-corrected chi connectivity index (χ2v) is 5.93. The number of nitrogens with zero attached hydrogens (tertiary/aromatic N) is 1. The highest BCUT2D eigenvalue weighted by molar-refractivity contribution is 9.10. The predicted octanol–water partition coefficient (Wildman–Crippen LogP) is 2.49. The second kappa shape index (κ2) is 5.99. The molecule has 6 heteroatoms. The van der Waals surface area contributed by atoms with E-state index in [1.807, 2.05) is 12.1 Å². The van der Waals surface area contributed by atoms with Crippen LogP contribution in [0.4, 0.5) is 5.69 Å². The van der Waals surface area contributed by atoms with Crippen molar-refractivity contribution >= 4 is 38.4 Å². The number of amides is 1. The van der Waals surface area contributed by atoms with Crippen molar-refractivity contribution < 1.29 is 9.53 Å². The van der Waals surface area contributed by atoms with Gasteiger partial charge in [0.25, 0.3) is 5.91 Å². The Labute approximate surface area is 131 Å². The van der Waals surface area contributed by atoms with Crippen LogP contribution in [0.2, 0.25) is 0 Å². The van der Waals surface area contributed by atoms with E-state index in [1.165, 1.54) is 0 Å². The van der Waals surface area contributed by atoms with Crippen molar-refractivity contribution in [3.63, 3.8) is 0 Å². The van der Waals surface area contributed by atoms with Gasteiger partial charge >= 0.3 is 0 Å². The molecule has 1 aromatic heterocycles. The van der Waals surface area contributed by atoms with Crippen LogP contribution in [0.15, 0.2) is 28.9 Å². The summed E-state index contributed by atoms with van der Waals surface area (Å²) in [6.07, 6.45) is 3.34. The van der Waals surface area contributed by atoms with E-state index in [4.69, 9.17) is 10.5 Å². The number of aromatic nitrogens is 1. The van der Waals surface area contributed by atoms with Gasteiger partial charge in [-0.05, 0) is 25.0 Å². The fourth-order valence-electron chi connectivity index (χ4n) is 2.52. The molecule has 1 aromatic carbocycles. The summed E-state index contributed by atoms with van der Waals surface area (Å²) >= 11 is 3.48. The normalized spacial score (nSPS) is 16.0. The van der Waals surface area contributed by atoms with E-state index >= 15 is 0 Å². The van der Waals surface area contributed by atoms with Gasteiger partial charge in [0.15, 0.2) is 0 Å². The number of nitrogen functional groups attached to an aromatic ring is 1. The van der Waals surface area contributed by atoms with Crippen molar-refractivity contribution in [3.8, 4) is 0 Å². The van der Waals surface area contributed by atoms with Crippen molar-refractivity contribution in [2.75, 3.05) is 18.9 Å². The third kappa shape index (κ3) is 2.87. The summed E-state index contributed by atoms with van der Waals surface area (Å²) in [4.78, 5) is 16.7. The van der Waals surface area contributed by atoms with Gasteiger partial charge in [0.1, 0.15) is 0 Å². The highest BCUT2D eigenvalue weighted by Crippen LogP contribution is 2.30. The molecular formula is C15H16BrN3O2. The van der Waals surface area contributed by atoms with Crippen LogP contribution >= 0.6 is 15.9 Å². The molecule has 0 aliphatic carbocycles. The van der Waals surface area contributed by atoms with Gasteiger partial charge in [0, 0.05) is 35.3 Å². The minimum atomic E-state index is -0.160. The summed E-state index contributed by atoms with van der Waals surface area (Å²) < 4.78 is 6.11. The Balaban J connectivity index is 1.92. The lowest BCUT2D eigenvalue weighted by Gasteiger charge is -2.23. The van der Waals surface area contributed by atoms with Crippen molar-refractivity contribution in [2.24, 2.45) is 0 Å². The zero-order valence-corrected chi connectivity index (χ0v) is 13.0. The molecule has 2 heterocycles. The number of rotatable bonds is 2. The lowest BCUT2D eigenvalue weighted by atomic mass is 10.1. The fraction of sp³-hybridized carbons (Fsp3) is 0.333. The zero-order chi connectivity index (χ0) is 14.8. The van der Waals surface area contributed by atoms with E-state index in [0.717, 1.165) is 22.7 Å². The Hall–Kier alpha value is -1.66. The maximum absolute atomic E-state index is 12.4. The molecule has 5 nitrogen and oxygen atoms in total. The number of hydrogen-bond acceptors (Lipinski definition) is 4. The molecule has 0 bridgehead atoms. The van der Waals surface area contributed by atoms with Crippen LogP contribution in [-0.2, 0) is 4.74 Å². The number of carbonyl (C=O) groups is 1. The fourth-order valence-corrected chi connectivity index (χ4v) is 3.06. The third-order valence-electron chi connectivity index (χ3n) is 3.68. The minimum Gasteiger partial charge on any atom is -0.396 e. The smallest absolute Gasteiger partial charge is 0.253 e. The molecule has 3 N–H and O–H groups in total. The Kier molecular flexibility index (Phi) is 4.07. The topological polar surface area (TPSA) is 77.2 Å². The predicted molar refractivity (Wildman–Crippen MR) is 85.2 cm³/mol. The average Bonchev–Trinajstić information content (AvgIpc) is 2.52. The first kappa shape index (κ1) is 14.3. The monoisotopic (exact) mass is 349 g/mol. The lowest BCUT2D eigenvalue weighted by molar-refractivity contribution is 0.0697. The summed E-state index contributed by atoms with van der Waals surface area (Å²) in [5, 5.41) is 3.92. The zero-order valence-electron chi connectivity index (χ0n) is 11.4. The number of nitrogens with two attached hydrogens (primary N) is 1. The SMILES string of the molecule is Nc1c(C(=O)NC2CCOCC2)cc(Br)c2cccnc12. The summed E-state index contributed by atoms with van der Waals surface area (Å²) in [6.45, 7) is 1.37. The van der Waals surface area contributed by atoms with E-state index in [-0.39, 0.29) is 11.9 Å². The van der Waals surface area contributed by atoms with E-state index in [0.29, 0.717) is 30.0 Å². The molecule has 0 spiro atoms. The van der Waals surface area contributed by atoms with Crippen molar-refractivity contribution in [1.82, 2.24) is 10.3 Å². The minimum absolute atomic E-state index is 0.142. The number of fused-ring (bicyclic) bond motifs is 1. The average molecular weight is 350 g/mol. The third-order valence-corrected chi connectivity index (χ3v) is 4.34. The highest BCUT2D eigenvalue weighted by Gasteiger charge is 2.20. The molecule has 0 unspecified atom stereocenters. The maximum Gasteiger partial charge on any atom is 0.253 e. The van der Waals surface area contributed by atoms with E-state index in [2.05, 4.69) is 26.2 Å². The number of benzene rings is 1. The number of ether oxygens (including phenoxy) is 1. The van der Waals surface area contributed by atoms with Gasteiger partial charge in [-0.2, -0.15) is 0 Å². The first-order valence-electron chi connectivity index (χ1n) is 6.88. The largest absolute Gasteiger partial charge is 0.396 e. The van der Waals surface area contributed by atoms with Crippen LogP contribution < -0.4 is 11.1 Å². The Morgan fingerprint density at radius 1 is 1.43 bits per heavy atom. The molecule has 0 atom stereocenters. The van der Waals surface area contributed by atoms with E-state index in [9.17, 15) is 4.79 Å². The molecule has 2 aromatic rings. The molecule has 1 aliphatic rings. The van der Waals surface area contributed by atoms with Crippen LogP contribution in [0, 0.1) is 0 Å². The van der Waals surface area contributed by atoms with Crippen LogP contribution in [0.3, 0.4) is 0 Å². The number of nitrogens with one attached hydrogen (secondary N) is 1. The first-order chi connectivity index (χ1) is 10.2. The molecule has 0 radical (unpaired) electrons. The number of pyridine rings is 1. The summed E-state index contributed by atoms with van der Waals surface area (Å²) in [6, 6.07) is 5.66. The van der Waals surface area contributed by atoms with Crippen molar-refractivity contribution in [1.29, 1.82) is 0 Å². The molecule has 0 saturated carbocycles. The van der Waals surface area contributed by atoms with Crippen LogP contribution in [0.1, 0.15) is 23.2 Å². The molecule has 110 valence electrons. The Morgan fingerprint density at radius 2 is 2.19 bits per heavy atom. The van der Waals surface area contributed by atoms with Crippen molar-refractivity contribution in [2.45, 2.75) is 18.9 Å². The second-order valence-electron chi connectivity index (χ2n) is 5.08. The first-order valence-corrected chi connectivity index (χ1v) is 7.67. The van der Waals surface area contributed by atoms with Crippen LogP contribution in [0.5, 0.6) is 0 Å². The lowest BCUT2D eigenvalue weighted by Crippen LogP contribution is -2.39. The van der Waals surface area contributed by atoms with E-state index < -0.39 is 0 Å².